The Balaban J connectivity index is 1.01. The molecule has 12 rings (SSSR count). The van der Waals surface area contributed by atoms with Gasteiger partial charge >= 0.3 is 0 Å². The van der Waals surface area contributed by atoms with Crippen LogP contribution in [-0.2, 0) is 0 Å². The topological polar surface area (TPSA) is 45.7 Å². The van der Waals surface area contributed by atoms with Gasteiger partial charge in [-0.2, -0.15) is 0 Å². The van der Waals surface area contributed by atoms with E-state index >= 15 is 0 Å². The minimum atomic E-state index is -0.279. The summed E-state index contributed by atoms with van der Waals surface area (Å²) in [5.74, 6) is 0.202. The van der Waals surface area contributed by atoms with Crippen molar-refractivity contribution in [2.45, 2.75) is 18.1 Å². The highest BCUT2D eigenvalue weighted by molar-refractivity contribution is 6.17. The van der Waals surface area contributed by atoms with Gasteiger partial charge < -0.3 is 19.2 Å². The molecule has 1 N–H and O–H groups in total. The normalized spacial score (nSPS) is 18.1. The van der Waals surface area contributed by atoms with E-state index in [0.29, 0.717) is 0 Å². The fourth-order valence-corrected chi connectivity index (χ4v) is 9.38. The molecule has 1 aliphatic carbocycles. The van der Waals surface area contributed by atoms with E-state index in [0.717, 1.165) is 55.7 Å². The van der Waals surface area contributed by atoms with E-state index in [-0.39, 0.29) is 18.1 Å². The molecule has 4 heterocycles. The van der Waals surface area contributed by atoms with Crippen molar-refractivity contribution < 1.29 is 4.42 Å². The minimum absolute atomic E-state index is 0.0892. The molecule has 2 aromatic heterocycles. The summed E-state index contributed by atoms with van der Waals surface area (Å²) >= 11 is 0. The number of nitrogens with zero attached hydrogens (tertiary/aromatic N) is 3. The highest BCUT2D eigenvalue weighted by Gasteiger charge is 2.39. The molecule has 3 aliphatic rings. The maximum Gasteiger partial charge on any atom is 0.146 e. The Hall–Kier alpha value is -7.11. The Labute approximate surface area is 317 Å². The third kappa shape index (κ3) is 4.50. The van der Waals surface area contributed by atoms with Crippen LogP contribution in [0.2, 0.25) is 0 Å². The van der Waals surface area contributed by atoms with Gasteiger partial charge in [-0.15, -0.1) is 0 Å². The molecule has 7 aromatic carbocycles. The number of anilines is 3. The first kappa shape index (κ1) is 30.4. The van der Waals surface area contributed by atoms with Gasteiger partial charge in [0.2, 0.25) is 0 Å². The van der Waals surface area contributed by atoms with Crippen LogP contribution in [0.5, 0.6) is 0 Å². The molecule has 0 bridgehead atoms. The average Bonchev–Trinajstić information content (AvgIpc) is 3.90. The summed E-state index contributed by atoms with van der Waals surface area (Å²) in [5, 5.41) is 9.73. The minimum Gasteiger partial charge on any atom is -0.456 e. The fourth-order valence-electron chi connectivity index (χ4n) is 9.38. The number of nitrogens with one attached hydrogen (secondary N) is 1. The van der Waals surface area contributed by atoms with E-state index in [1.165, 1.54) is 38.4 Å². The Morgan fingerprint density at radius 2 is 1.35 bits per heavy atom. The first-order chi connectivity index (χ1) is 27.3. The standard InChI is InChI=1S/C50H34N4O/c1-3-14-31(15-4-1)49-36-20-7-10-22-41(36)51-50(52-49)38-21-13-25-46-48(38)37-27-26-33(28-47(37)55-46)54-43-24-12-9-19-35(43)40-29-39-34-18-8-11-23-42(34)53(44(39)30-45(40)54)32-16-5-2-6-17-32/h1-30,40,45,50-51H. The van der Waals surface area contributed by atoms with Crippen molar-refractivity contribution in [3.05, 3.63) is 203 Å². The summed E-state index contributed by atoms with van der Waals surface area (Å²) in [6, 6.07) is 60.5. The summed E-state index contributed by atoms with van der Waals surface area (Å²) in [4.78, 5) is 7.87. The van der Waals surface area contributed by atoms with Crippen molar-refractivity contribution in [1.29, 1.82) is 0 Å². The van der Waals surface area contributed by atoms with Gasteiger partial charge in [0.05, 0.1) is 22.6 Å². The highest BCUT2D eigenvalue weighted by Crippen LogP contribution is 2.49. The van der Waals surface area contributed by atoms with Gasteiger partial charge in [-0.05, 0) is 60.2 Å². The van der Waals surface area contributed by atoms with Crippen molar-refractivity contribution in [3.8, 4) is 5.69 Å². The number of hydrogen-bond donors (Lipinski definition) is 1. The second-order valence-corrected chi connectivity index (χ2v) is 14.7. The van der Waals surface area contributed by atoms with Crippen LogP contribution in [0, 0.1) is 0 Å². The van der Waals surface area contributed by atoms with Crippen LogP contribution in [0.25, 0.3) is 50.7 Å². The molecule has 0 radical (unpaired) electrons. The number of benzene rings is 7. The molecule has 0 spiro atoms. The van der Waals surface area contributed by atoms with Crippen molar-refractivity contribution in [2.24, 2.45) is 4.99 Å². The maximum atomic E-state index is 6.74. The first-order valence-electron chi connectivity index (χ1n) is 19.0. The lowest BCUT2D eigenvalue weighted by Gasteiger charge is -2.29. The molecule has 0 fully saturated rings. The van der Waals surface area contributed by atoms with Crippen LogP contribution in [0.1, 0.15) is 34.3 Å². The van der Waals surface area contributed by atoms with Crippen LogP contribution < -0.4 is 20.8 Å². The summed E-state index contributed by atoms with van der Waals surface area (Å²) < 4.78 is 9.16. The lowest BCUT2D eigenvalue weighted by Crippen LogP contribution is -2.40. The van der Waals surface area contributed by atoms with Gasteiger partial charge in [-0.25, -0.2) is 0 Å². The predicted octanol–water partition coefficient (Wildman–Crippen LogP) is 10.4. The smallest absolute Gasteiger partial charge is 0.146 e. The highest BCUT2D eigenvalue weighted by atomic mass is 16.3. The van der Waals surface area contributed by atoms with E-state index in [1.807, 2.05) is 6.07 Å². The van der Waals surface area contributed by atoms with Crippen molar-refractivity contribution >= 4 is 67.8 Å². The van der Waals surface area contributed by atoms with Crippen molar-refractivity contribution in [1.82, 2.24) is 4.57 Å². The number of furan rings is 1. The summed E-state index contributed by atoms with van der Waals surface area (Å²) in [6.07, 6.45) is 4.72. The van der Waals surface area contributed by atoms with E-state index in [4.69, 9.17) is 9.41 Å². The van der Waals surface area contributed by atoms with Crippen LogP contribution in [0.3, 0.4) is 0 Å². The molecule has 55 heavy (non-hydrogen) atoms. The van der Waals surface area contributed by atoms with Crippen LogP contribution in [0.15, 0.2) is 179 Å². The maximum absolute atomic E-state index is 6.74. The number of rotatable bonds is 4. The number of aliphatic imine (C=N–C) groups is 1. The zero-order chi connectivity index (χ0) is 36.0. The Morgan fingerprint density at radius 3 is 2.25 bits per heavy atom. The third-order valence-electron chi connectivity index (χ3n) is 11.7. The van der Waals surface area contributed by atoms with Gasteiger partial charge in [0.15, 0.2) is 0 Å². The van der Waals surface area contributed by atoms with Gasteiger partial charge in [-0.3, -0.25) is 4.99 Å². The Morgan fingerprint density at radius 1 is 0.582 bits per heavy atom. The largest absolute Gasteiger partial charge is 0.456 e. The zero-order valence-electron chi connectivity index (χ0n) is 29.8. The van der Waals surface area contributed by atoms with Gasteiger partial charge in [-0.1, -0.05) is 121 Å². The molecule has 3 atom stereocenters. The van der Waals surface area contributed by atoms with E-state index in [9.17, 15) is 0 Å². The lowest BCUT2D eigenvalue weighted by atomic mass is 9.90. The van der Waals surface area contributed by atoms with Gasteiger partial charge in [0.25, 0.3) is 0 Å². The lowest BCUT2D eigenvalue weighted by molar-refractivity contribution is 0.668. The molecule has 0 amide bonds. The van der Waals surface area contributed by atoms with E-state index in [2.05, 4.69) is 191 Å². The Bertz CT molecular complexity index is 3160. The second kappa shape index (κ2) is 11.7. The quantitative estimate of drug-likeness (QED) is 0.198. The second-order valence-electron chi connectivity index (χ2n) is 14.7. The van der Waals surface area contributed by atoms with E-state index in [1.54, 1.807) is 0 Å². The molecular weight excluding hydrogens is 673 g/mol. The molecule has 2 aliphatic heterocycles. The van der Waals surface area contributed by atoms with Gasteiger partial charge in [0, 0.05) is 72.8 Å². The predicted molar refractivity (Wildman–Crippen MR) is 225 cm³/mol. The molecule has 9 aromatic rings. The van der Waals surface area contributed by atoms with Gasteiger partial charge in [0.1, 0.15) is 17.3 Å². The van der Waals surface area contributed by atoms with E-state index < -0.39 is 0 Å². The molecule has 0 saturated carbocycles. The average molecular weight is 707 g/mol. The summed E-state index contributed by atoms with van der Waals surface area (Å²) in [7, 11) is 0. The third-order valence-corrected chi connectivity index (χ3v) is 11.7. The van der Waals surface area contributed by atoms with Crippen molar-refractivity contribution in [3.63, 3.8) is 0 Å². The Kier molecular flexibility index (Phi) is 6.46. The molecule has 260 valence electrons. The first-order valence-corrected chi connectivity index (χ1v) is 19.0. The summed E-state index contributed by atoms with van der Waals surface area (Å²) in [5.41, 5.74) is 13.2. The van der Waals surface area contributed by atoms with Crippen molar-refractivity contribution in [2.75, 3.05) is 10.2 Å². The molecular formula is C50H34N4O. The molecule has 3 unspecified atom stereocenters. The summed E-state index contributed by atoms with van der Waals surface area (Å²) in [6.45, 7) is 0. The number of hydrogen-bond acceptors (Lipinski definition) is 4. The van der Waals surface area contributed by atoms with Crippen LogP contribution in [0.4, 0.5) is 17.1 Å². The number of para-hydroxylation sites is 4. The molecule has 5 nitrogen and oxygen atoms in total. The van der Waals surface area contributed by atoms with Crippen LogP contribution >= 0.6 is 0 Å². The fraction of sp³-hybridized carbons (Fsp3) is 0.0600. The number of aromatic nitrogens is 1. The molecule has 0 saturated heterocycles. The van der Waals surface area contributed by atoms with Crippen LogP contribution in [-0.4, -0.2) is 16.3 Å². The number of fused-ring (bicyclic) bond motifs is 10. The SMILES string of the molecule is C1=c2c(n(-c3ccccc3)c3ccccc23)=CC2C1c1ccccc1N2c1ccc2c(c1)oc1cccc(C3N=C(c4ccccc4)c4ccccc4N3)c12. The zero-order valence-corrected chi connectivity index (χ0v) is 29.8. The molecule has 5 heteroatoms. The monoisotopic (exact) mass is 706 g/mol.